The van der Waals surface area contributed by atoms with Gasteiger partial charge in [-0.25, -0.2) is 12.4 Å². The van der Waals surface area contributed by atoms with E-state index in [0.717, 1.165) is 37.1 Å². The molecule has 1 fully saturated rings. The molecule has 43 heavy (non-hydrogen) atoms. The molecule has 1 amide bonds. The minimum Gasteiger partial charge on any atom is -0.494 e. The number of nitrogens with one attached hydrogen (secondary N) is 1. The van der Waals surface area contributed by atoms with E-state index in [9.17, 15) is 13.2 Å². The van der Waals surface area contributed by atoms with Gasteiger partial charge in [0.25, 0.3) is 10.0 Å². The Hall–Kier alpha value is -4.09. The molecule has 3 aromatic carbocycles. The summed E-state index contributed by atoms with van der Waals surface area (Å²) in [5, 5.41) is 13.5. The number of hydrogen-bond donors (Lipinski definition) is 1. The first-order chi connectivity index (χ1) is 21.0. The lowest BCUT2D eigenvalue weighted by atomic mass is 9.95. The summed E-state index contributed by atoms with van der Waals surface area (Å²) in [7, 11) is -3.89. The highest BCUT2D eigenvalue weighted by Gasteiger charge is 2.26. The Kier molecular flexibility index (Phi) is 8.53. The van der Waals surface area contributed by atoms with Crippen molar-refractivity contribution in [3.8, 4) is 22.8 Å². The van der Waals surface area contributed by atoms with Crippen molar-refractivity contribution < 1.29 is 17.9 Å². The maximum atomic E-state index is 13.8. The summed E-state index contributed by atoms with van der Waals surface area (Å²) in [6, 6.07) is 23.5. The number of aromatic nitrogens is 4. The van der Waals surface area contributed by atoms with Gasteiger partial charge >= 0.3 is 0 Å². The number of para-hydroxylation sites is 1. The minimum atomic E-state index is -3.89. The zero-order valence-corrected chi connectivity index (χ0v) is 25.5. The molecule has 1 aliphatic carbocycles. The predicted octanol–water partition coefficient (Wildman–Crippen LogP) is 6.07. The zero-order chi connectivity index (χ0) is 29.8. The van der Waals surface area contributed by atoms with E-state index in [2.05, 4.69) is 15.5 Å². The third-order valence-electron chi connectivity index (χ3n) is 7.56. The van der Waals surface area contributed by atoms with E-state index >= 15 is 0 Å². The Bertz CT molecular complexity index is 1830. The summed E-state index contributed by atoms with van der Waals surface area (Å²) < 4.78 is 36.3. The topological polar surface area (TPSA) is 108 Å². The summed E-state index contributed by atoms with van der Waals surface area (Å²) in [5.41, 5.74) is 1.90. The van der Waals surface area contributed by atoms with E-state index in [-0.39, 0.29) is 22.6 Å². The first kappa shape index (κ1) is 29.0. The number of fused-ring (bicyclic) bond motifs is 1. The monoisotopic (exact) mass is 615 g/mol. The number of carbonyl (C=O) groups is 1. The summed E-state index contributed by atoms with van der Waals surface area (Å²) in [4.78, 5) is 13.1. The highest BCUT2D eigenvalue weighted by molar-refractivity contribution is 7.99. The Morgan fingerprint density at radius 1 is 0.953 bits per heavy atom. The van der Waals surface area contributed by atoms with Crippen LogP contribution in [0.1, 0.15) is 39.0 Å². The van der Waals surface area contributed by atoms with E-state index in [1.54, 1.807) is 42.6 Å². The van der Waals surface area contributed by atoms with Crippen molar-refractivity contribution in [2.75, 3.05) is 12.4 Å². The first-order valence-corrected chi connectivity index (χ1v) is 16.9. The quantitative estimate of drug-likeness (QED) is 0.190. The summed E-state index contributed by atoms with van der Waals surface area (Å²) >= 11 is 1.30. The fraction of sp³-hybridized carbons (Fsp3) is 0.281. The molecule has 2 heterocycles. The predicted molar refractivity (Wildman–Crippen MR) is 168 cm³/mol. The molecular weight excluding hydrogens is 583 g/mol. The smallest absolute Gasteiger partial charge is 0.268 e. The molecule has 0 bridgehead atoms. The molecule has 1 saturated carbocycles. The largest absolute Gasteiger partial charge is 0.494 e. The molecule has 0 saturated heterocycles. The Morgan fingerprint density at radius 3 is 2.42 bits per heavy atom. The fourth-order valence-corrected chi connectivity index (χ4v) is 7.66. The molecule has 6 rings (SSSR count). The molecular formula is C32H33N5O4S2. The van der Waals surface area contributed by atoms with E-state index in [0.29, 0.717) is 34.1 Å². The van der Waals surface area contributed by atoms with Gasteiger partial charge in [0.15, 0.2) is 11.0 Å². The molecule has 0 spiro atoms. The maximum Gasteiger partial charge on any atom is 0.268 e. The van der Waals surface area contributed by atoms with Crippen molar-refractivity contribution in [3.63, 3.8) is 0 Å². The van der Waals surface area contributed by atoms with E-state index in [4.69, 9.17) is 4.74 Å². The molecule has 222 valence electrons. The van der Waals surface area contributed by atoms with Gasteiger partial charge in [-0.3, -0.25) is 9.36 Å². The highest BCUT2D eigenvalue weighted by atomic mass is 32.2. The molecule has 0 aliphatic heterocycles. The van der Waals surface area contributed by atoms with Crippen LogP contribution in [0, 0.1) is 0 Å². The van der Waals surface area contributed by atoms with Crippen LogP contribution < -0.4 is 10.1 Å². The number of ether oxygens (including phenoxy) is 1. The second kappa shape index (κ2) is 12.6. The SMILES string of the molecule is CCOc1ccc(-n2c(SCC(=O)NC3CCCCC3)nnc2-c2cn(S(=O)(=O)c3ccccc3)c3ccccc23)cc1. The normalized spacial score (nSPS) is 14.2. The summed E-state index contributed by atoms with van der Waals surface area (Å²) in [6.45, 7) is 2.47. The molecule has 5 aromatic rings. The van der Waals surface area contributed by atoms with Crippen molar-refractivity contribution in [1.29, 1.82) is 0 Å². The Morgan fingerprint density at radius 2 is 1.67 bits per heavy atom. The number of benzene rings is 3. The standard InChI is InChI=1S/C32H33N5O4S2/c1-2-41-25-19-17-24(18-20-25)37-31(34-35-32(37)42-22-30(38)33-23-11-5-3-6-12-23)28-21-36(29-16-10-9-15-27(28)29)43(39,40)26-13-7-4-8-14-26/h4,7-10,13-21,23H,2-3,5-6,11-12,22H2,1H3,(H,33,38). The van der Waals surface area contributed by atoms with Crippen LogP contribution >= 0.6 is 11.8 Å². The van der Waals surface area contributed by atoms with E-state index in [1.165, 1.54) is 22.2 Å². The number of nitrogens with zero attached hydrogens (tertiary/aromatic N) is 4. The lowest BCUT2D eigenvalue weighted by Crippen LogP contribution is -2.37. The van der Waals surface area contributed by atoms with Gasteiger partial charge in [-0.05, 0) is 62.2 Å². The number of carbonyl (C=O) groups excluding carboxylic acids is 1. The van der Waals surface area contributed by atoms with Gasteiger partial charge in [-0.2, -0.15) is 0 Å². The van der Waals surface area contributed by atoms with Gasteiger partial charge in [0.05, 0.1) is 22.8 Å². The van der Waals surface area contributed by atoms with Crippen LogP contribution in [0.3, 0.4) is 0 Å². The van der Waals surface area contributed by atoms with Crippen molar-refractivity contribution >= 4 is 38.6 Å². The van der Waals surface area contributed by atoms with Gasteiger partial charge < -0.3 is 10.1 Å². The van der Waals surface area contributed by atoms with E-state index in [1.807, 2.05) is 54.0 Å². The Labute approximate surface area is 255 Å². The van der Waals surface area contributed by atoms with Crippen LogP contribution in [0.25, 0.3) is 28.0 Å². The van der Waals surface area contributed by atoms with Crippen LogP contribution in [-0.2, 0) is 14.8 Å². The molecule has 1 aliphatic rings. The van der Waals surface area contributed by atoms with Gasteiger partial charge in [0.1, 0.15) is 5.75 Å². The molecule has 11 heteroatoms. The van der Waals surface area contributed by atoms with Gasteiger partial charge in [-0.15, -0.1) is 10.2 Å². The van der Waals surface area contributed by atoms with Gasteiger partial charge in [-0.1, -0.05) is 67.4 Å². The zero-order valence-electron chi connectivity index (χ0n) is 23.8. The molecule has 0 unspecified atom stereocenters. The minimum absolute atomic E-state index is 0.0368. The van der Waals surface area contributed by atoms with Crippen LogP contribution in [-0.4, -0.2) is 51.5 Å². The van der Waals surface area contributed by atoms with Crippen molar-refractivity contribution in [3.05, 3.63) is 85.1 Å². The summed E-state index contributed by atoms with van der Waals surface area (Å²) in [6.07, 6.45) is 7.13. The van der Waals surface area contributed by atoms with Crippen LogP contribution in [0.15, 0.2) is 95.1 Å². The highest BCUT2D eigenvalue weighted by Crippen LogP contribution is 2.36. The third kappa shape index (κ3) is 6.05. The number of thioether (sulfide) groups is 1. The van der Waals surface area contributed by atoms with Gasteiger partial charge in [0, 0.05) is 28.9 Å². The van der Waals surface area contributed by atoms with Crippen LogP contribution in [0.5, 0.6) is 5.75 Å². The summed E-state index contributed by atoms with van der Waals surface area (Å²) in [5.74, 6) is 1.35. The number of rotatable bonds is 10. The third-order valence-corrected chi connectivity index (χ3v) is 10.2. The van der Waals surface area contributed by atoms with Gasteiger partial charge in [0.2, 0.25) is 5.91 Å². The van der Waals surface area contributed by atoms with Crippen molar-refractivity contribution in [1.82, 2.24) is 24.1 Å². The number of amides is 1. The van der Waals surface area contributed by atoms with Crippen molar-refractivity contribution in [2.24, 2.45) is 0 Å². The average molecular weight is 616 g/mol. The lowest BCUT2D eigenvalue weighted by Gasteiger charge is -2.22. The molecule has 1 N–H and O–H groups in total. The second-order valence-corrected chi connectivity index (χ2v) is 13.2. The molecule has 2 aromatic heterocycles. The lowest BCUT2D eigenvalue weighted by molar-refractivity contribution is -0.119. The fourth-order valence-electron chi connectivity index (χ4n) is 5.51. The Balaban J connectivity index is 1.41. The van der Waals surface area contributed by atoms with Crippen LogP contribution in [0.2, 0.25) is 0 Å². The average Bonchev–Trinajstić information content (AvgIpc) is 3.64. The van der Waals surface area contributed by atoms with Crippen LogP contribution in [0.4, 0.5) is 0 Å². The molecule has 9 nitrogen and oxygen atoms in total. The first-order valence-electron chi connectivity index (χ1n) is 14.5. The maximum absolute atomic E-state index is 13.8. The second-order valence-electron chi connectivity index (χ2n) is 10.4. The van der Waals surface area contributed by atoms with Crippen molar-refractivity contribution in [2.45, 2.75) is 55.1 Å². The molecule has 0 atom stereocenters. The van der Waals surface area contributed by atoms with E-state index < -0.39 is 10.0 Å². The number of hydrogen-bond acceptors (Lipinski definition) is 7. The molecule has 0 radical (unpaired) electrons.